The van der Waals surface area contributed by atoms with Gasteiger partial charge in [0.15, 0.2) is 11.4 Å². The zero-order valence-electron chi connectivity index (χ0n) is 8.40. The minimum atomic E-state index is -0.505. The number of nitroso groups, excluding NO2 is 1. The van der Waals surface area contributed by atoms with Crippen LogP contribution in [0.1, 0.15) is 5.69 Å². The number of nitrogens with zero attached hydrogens (tertiary/aromatic N) is 2. The molecule has 0 radical (unpaired) electrons. The van der Waals surface area contributed by atoms with Gasteiger partial charge in [-0.1, -0.05) is 0 Å². The van der Waals surface area contributed by atoms with E-state index >= 15 is 0 Å². The molecule has 0 unspecified atom stereocenters. The number of H-pyrrole nitrogens is 1. The third-order valence-corrected chi connectivity index (χ3v) is 1.92. The average molecular weight is 221 g/mol. The normalized spacial score (nSPS) is 10.1. The van der Waals surface area contributed by atoms with Crippen molar-refractivity contribution in [3.05, 3.63) is 40.7 Å². The summed E-state index contributed by atoms with van der Waals surface area (Å²) in [4.78, 5) is 10.5. The fourth-order valence-corrected chi connectivity index (χ4v) is 1.20. The van der Waals surface area contributed by atoms with Gasteiger partial charge in [0.2, 0.25) is 5.88 Å². The van der Waals surface area contributed by atoms with Crippen LogP contribution in [0.2, 0.25) is 0 Å². The summed E-state index contributed by atoms with van der Waals surface area (Å²) in [7, 11) is 0. The molecule has 82 valence electrons. The molecule has 0 spiro atoms. The lowest BCUT2D eigenvalue weighted by Crippen LogP contribution is -1.86. The number of aromatic nitrogens is 2. The minimum Gasteiger partial charge on any atom is -0.435 e. The molecule has 0 saturated carbocycles. The third kappa shape index (κ3) is 2.05. The molecule has 6 heteroatoms. The Hall–Kier alpha value is -2.24. The fourth-order valence-electron chi connectivity index (χ4n) is 1.20. The van der Waals surface area contributed by atoms with Crippen LogP contribution in [0.15, 0.2) is 29.4 Å². The van der Waals surface area contributed by atoms with Crippen molar-refractivity contribution in [3.8, 4) is 11.6 Å². The first-order valence-electron chi connectivity index (χ1n) is 4.52. The molecular weight excluding hydrogens is 213 g/mol. The highest BCUT2D eigenvalue weighted by Gasteiger charge is 2.08. The van der Waals surface area contributed by atoms with Crippen LogP contribution in [-0.2, 0) is 0 Å². The molecule has 2 aromatic rings. The molecular formula is C10H8FN3O2. The van der Waals surface area contributed by atoms with E-state index in [1.165, 1.54) is 6.07 Å². The summed E-state index contributed by atoms with van der Waals surface area (Å²) in [6.07, 6.45) is 0. The molecule has 2 rings (SSSR count). The molecule has 16 heavy (non-hydrogen) atoms. The Morgan fingerprint density at radius 1 is 1.44 bits per heavy atom. The quantitative estimate of drug-likeness (QED) is 0.810. The number of hydrogen-bond acceptors (Lipinski definition) is 4. The Kier molecular flexibility index (Phi) is 2.63. The summed E-state index contributed by atoms with van der Waals surface area (Å²) < 4.78 is 18.2. The van der Waals surface area contributed by atoms with E-state index < -0.39 is 5.82 Å². The van der Waals surface area contributed by atoms with Gasteiger partial charge in [0.25, 0.3) is 0 Å². The molecule has 1 N–H and O–H groups in total. The monoisotopic (exact) mass is 221 g/mol. The van der Waals surface area contributed by atoms with Gasteiger partial charge in [-0.05, 0) is 24.2 Å². The van der Waals surface area contributed by atoms with Crippen LogP contribution in [0, 0.1) is 17.6 Å². The van der Waals surface area contributed by atoms with Gasteiger partial charge in [-0.25, -0.2) is 4.39 Å². The SMILES string of the molecule is Cc1cc(Oc2cc(F)ccc2N=O)n[nH]1. The molecule has 0 fully saturated rings. The lowest BCUT2D eigenvalue weighted by atomic mass is 10.3. The molecule has 0 bridgehead atoms. The van der Waals surface area contributed by atoms with Crippen molar-refractivity contribution in [2.75, 3.05) is 0 Å². The Balaban J connectivity index is 2.32. The number of rotatable bonds is 3. The lowest BCUT2D eigenvalue weighted by molar-refractivity contribution is 0.458. The zero-order valence-corrected chi connectivity index (χ0v) is 8.40. The first-order valence-corrected chi connectivity index (χ1v) is 4.52. The number of hydrogen-bond donors (Lipinski definition) is 1. The van der Waals surface area contributed by atoms with Gasteiger partial charge in [0.05, 0.1) is 0 Å². The highest BCUT2D eigenvalue weighted by molar-refractivity contribution is 5.52. The van der Waals surface area contributed by atoms with Crippen LogP contribution in [0.5, 0.6) is 11.6 Å². The summed E-state index contributed by atoms with van der Waals surface area (Å²) >= 11 is 0. The maximum atomic E-state index is 12.9. The topological polar surface area (TPSA) is 67.3 Å². The Bertz CT molecular complexity index is 525. The average Bonchev–Trinajstić information content (AvgIpc) is 2.64. The maximum Gasteiger partial charge on any atom is 0.238 e. The second-order valence-electron chi connectivity index (χ2n) is 3.19. The number of halogens is 1. The second-order valence-corrected chi connectivity index (χ2v) is 3.19. The van der Waals surface area contributed by atoms with Crippen molar-refractivity contribution >= 4 is 5.69 Å². The largest absolute Gasteiger partial charge is 0.435 e. The van der Waals surface area contributed by atoms with E-state index in [0.29, 0.717) is 0 Å². The minimum absolute atomic E-state index is 0.0297. The number of nitrogens with one attached hydrogen (secondary N) is 1. The molecule has 1 heterocycles. The molecule has 0 saturated heterocycles. The van der Waals surface area contributed by atoms with Gasteiger partial charge in [0, 0.05) is 17.8 Å². The molecule has 0 aliphatic carbocycles. The van der Waals surface area contributed by atoms with E-state index in [-0.39, 0.29) is 17.3 Å². The first-order chi connectivity index (χ1) is 7.69. The van der Waals surface area contributed by atoms with Crippen LogP contribution in [-0.4, -0.2) is 10.2 Å². The van der Waals surface area contributed by atoms with E-state index in [1.807, 2.05) is 0 Å². The van der Waals surface area contributed by atoms with Crippen molar-refractivity contribution in [3.63, 3.8) is 0 Å². The van der Waals surface area contributed by atoms with Crippen molar-refractivity contribution in [1.82, 2.24) is 10.2 Å². The van der Waals surface area contributed by atoms with Gasteiger partial charge in [-0.2, -0.15) is 0 Å². The van der Waals surface area contributed by atoms with Crippen LogP contribution in [0.25, 0.3) is 0 Å². The predicted molar refractivity (Wildman–Crippen MR) is 55.3 cm³/mol. The van der Waals surface area contributed by atoms with Gasteiger partial charge in [-0.15, -0.1) is 10.0 Å². The number of ether oxygens (including phenoxy) is 1. The number of benzene rings is 1. The van der Waals surface area contributed by atoms with Crippen LogP contribution in [0.3, 0.4) is 0 Å². The summed E-state index contributed by atoms with van der Waals surface area (Å²) in [5, 5.41) is 9.20. The summed E-state index contributed by atoms with van der Waals surface area (Å²) in [6.45, 7) is 1.80. The van der Waals surface area contributed by atoms with Crippen molar-refractivity contribution in [2.24, 2.45) is 5.18 Å². The zero-order chi connectivity index (χ0) is 11.5. The summed E-state index contributed by atoms with van der Waals surface area (Å²) in [6, 6.07) is 5.09. The first kappa shape index (κ1) is 10.3. The van der Waals surface area contributed by atoms with Crippen molar-refractivity contribution in [2.45, 2.75) is 6.92 Å². The molecule has 1 aromatic carbocycles. The Morgan fingerprint density at radius 2 is 2.25 bits per heavy atom. The lowest BCUT2D eigenvalue weighted by Gasteiger charge is -2.03. The third-order valence-electron chi connectivity index (χ3n) is 1.92. The van der Waals surface area contributed by atoms with Crippen molar-refractivity contribution in [1.29, 1.82) is 0 Å². The van der Waals surface area contributed by atoms with Crippen LogP contribution >= 0.6 is 0 Å². The molecule has 0 amide bonds. The molecule has 0 aliphatic heterocycles. The molecule has 0 aliphatic rings. The van der Waals surface area contributed by atoms with E-state index in [9.17, 15) is 9.30 Å². The molecule has 1 aromatic heterocycles. The van der Waals surface area contributed by atoms with Crippen molar-refractivity contribution < 1.29 is 9.13 Å². The molecule has 5 nitrogen and oxygen atoms in total. The van der Waals surface area contributed by atoms with Gasteiger partial charge < -0.3 is 4.74 Å². The summed E-state index contributed by atoms with van der Waals surface area (Å²) in [5.41, 5.74) is 0.828. The van der Waals surface area contributed by atoms with Crippen LogP contribution in [0.4, 0.5) is 10.1 Å². The standard InChI is InChI=1S/C10H8FN3O2/c1-6-4-10(13-12-6)16-9-5-7(11)2-3-8(9)14-15/h2-5H,1H3,(H,12,13). The van der Waals surface area contributed by atoms with E-state index in [2.05, 4.69) is 15.4 Å². The fraction of sp³-hybridized carbons (Fsp3) is 0.100. The second kappa shape index (κ2) is 4.09. The summed E-state index contributed by atoms with van der Waals surface area (Å²) in [5.74, 6) is -0.204. The van der Waals surface area contributed by atoms with Gasteiger partial charge in [0.1, 0.15) is 5.82 Å². The molecule has 0 atom stereocenters. The maximum absolute atomic E-state index is 12.9. The number of aromatic amines is 1. The smallest absolute Gasteiger partial charge is 0.238 e. The Labute approximate surface area is 90.2 Å². The van der Waals surface area contributed by atoms with Crippen LogP contribution < -0.4 is 4.74 Å². The van der Waals surface area contributed by atoms with E-state index in [0.717, 1.165) is 17.8 Å². The highest BCUT2D eigenvalue weighted by atomic mass is 19.1. The van der Waals surface area contributed by atoms with E-state index in [1.54, 1.807) is 13.0 Å². The number of aryl methyl sites for hydroxylation is 1. The van der Waals surface area contributed by atoms with Gasteiger partial charge >= 0.3 is 0 Å². The predicted octanol–water partition coefficient (Wildman–Crippen LogP) is 3.05. The Morgan fingerprint density at radius 3 is 2.88 bits per heavy atom. The van der Waals surface area contributed by atoms with Gasteiger partial charge in [-0.3, -0.25) is 5.10 Å². The highest BCUT2D eigenvalue weighted by Crippen LogP contribution is 2.31. The van der Waals surface area contributed by atoms with E-state index in [4.69, 9.17) is 4.74 Å².